The van der Waals surface area contributed by atoms with Crippen LogP contribution in [0.1, 0.15) is 18.2 Å². The standard InChI is InChI=1S/C13H16N2S/c1-2-7-14-10-12-5-6-13(16-12)11-4-3-8-15-9-11/h3-6,8-9,14H,2,7,10H2,1H3. The van der Waals surface area contributed by atoms with E-state index < -0.39 is 0 Å². The highest BCUT2D eigenvalue weighted by molar-refractivity contribution is 7.15. The number of hydrogen-bond acceptors (Lipinski definition) is 3. The lowest BCUT2D eigenvalue weighted by Crippen LogP contribution is -2.12. The third-order valence-electron chi connectivity index (χ3n) is 2.33. The van der Waals surface area contributed by atoms with E-state index in [1.54, 1.807) is 6.20 Å². The first-order valence-corrected chi connectivity index (χ1v) is 6.41. The zero-order valence-electron chi connectivity index (χ0n) is 9.44. The summed E-state index contributed by atoms with van der Waals surface area (Å²) in [4.78, 5) is 6.81. The molecule has 0 radical (unpaired) electrons. The van der Waals surface area contributed by atoms with Crippen LogP contribution in [0.15, 0.2) is 36.7 Å². The summed E-state index contributed by atoms with van der Waals surface area (Å²) in [6, 6.07) is 8.44. The molecule has 0 saturated heterocycles. The fourth-order valence-corrected chi connectivity index (χ4v) is 2.49. The number of rotatable bonds is 5. The first kappa shape index (κ1) is 11.3. The van der Waals surface area contributed by atoms with Crippen molar-refractivity contribution in [2.75, 3.05) is 6.54 Å². The van der Waals surface area contributed by atoms with Crippen molar-refractivity contribution in [3.8, 4) is 10.4 Å². The van der Waals surface area contributed by atoms with Gasteiger partial charge in [-0.1, -0.05) is 13.0 Å². The summed E-state index contributed by atoms with van der Waals surface area (Å²) >= 11 is 1.83. The van der Waals surface area contributed by atoms with Crippen molar-refractivity contribution in [3.63, 3.8) is 0 Å². The van der Waals surface area contributed by atoms with Gasteiger partial charge in [0, 0.05) is 34.3 Å². The summed E-state index contributed by atoms with van der Waals surface area (Å²) in [7, 11) is 0. The number of pyridine rings is 1. The average molecular weight is 232 g/mol. The molecule has 0 aliphatic rings. The largest absolute Gasteiger partial charge is 0.312 e. The molecule has 1 N–H and O–H groups in total. The van der Waals surface area contributed by atoms with Gasteiger partial charge in [0.1, 0.15) is 0 Å². The number of thiophene rings is 1. The molecule has 0 saturated carbocycles. The van der Waals surface area contributed by atoms with Crippen molar-refractivity contribution in [1.29, 1.82) is 0 Å². The summed E-state index contributed by atoms with van der Waals surface area (Å²) in [5.41, 5.74) is 1.20. The van der Waals surface area contributed by atoms with Crippen LogP contribution in [0.25, 0.3) is 10.4 Å². The van der Waals surface area contributed by atoms with Gasteiger partial charge in [-0.25, -0.2) is 0 Å². The monoisotopic (exact) mass is 232 g/mol. The Hall–Kier alpha value is -1.19. The quantitative estimate of drug-likeness (QED) is 0.800. The zero-order valence-corrected chi connectivity index (χ0v) is 10.3. The Balaban J connectivity index is 2.02. The lowest BCUT2D eigenvalue weighted by molar-refractivity contribution is 0.681. The summed E-state index contributed by atoms with van der Waals surface area (Å²) in [5.74, 6) is 0. The van der Waals surface area contributed by atoms with Crippen LogP contribution in [0.4, 0.5) is 0 Å². The zero-order chi connectivity index (χ0) is 11.2. The predicted octanol–water partition coefficient (Wildman–Crippen LogP) is 3.31. The average Bonchev–Trinajstić information content (AvgIpc) is 2.79. The van der Waals surface area contributed by atoms with E-state index in [0.717, 1.165) is 13.1 Å². The lowest BCUT2D eigenvalue weighted by Gasteiger charge is -1.99. The maximum atomic E-state index is 4.14. The molecular weight excluding hydrogens is 216 g/mol. The molecule has 0 atom stereocenters. The number of nitrogens with zero attached hydrogens (tertiary/aromatic N) is 1. The first-order chi connectivity index (χ1) is 7.90. The van der Waals surface area contributed by atoms with Crippen molar-refractivity contribution in [2.45, 2.75) is 19.9 Å². The van der Waals surface area contributed by atoms with E-state index in [4.69, 9.17) is 0 Å². The molecule has 0 aliphatic heterocycles. The van der Waals surface area contributed by atoms with Gasteiger partial charge in [-0.15, -0.1) is 11.3 Å². The molecule has 2 nitrogen and oxygen atoms in total. The second-order valence-electron chi connectivity index (χ2n) is 3.68. The second-order valence-corrected chi connectivity index (χ2v) is 4.85. The summed E-state index contributed by atoms with van der Waals surface area (Å²) in [6.45, 7) is 4.24. The van der Waals surface area contributed by atoms with Gasteiger partial charge in [-0.2, -0.15) is 0 Å². The van der Waals surface area contributed by atoms with Crippen molar-refractivity contribution in [1.82, 2.24) is 10.3 Å². The van der Waals surface area contributed by atoms with Crippen LogP contribution in [-0.4, -0.2) is 11.5 Å². The van der Waals surface area contributed by atoms with Gasteiger partial charge in [0.2, 0.25) is 0 Å². The number of hydrogen-bond donors (Lipinski definition) is 1. The molecule has 2 aromatic heterocycles. The second kappa shape index (κ2) is 5.77. The van der Waals surface area contributed by atoms with Gasteiger partial charge >= 0.3 is 0 Å². The predicted molar refractivity (Wildman–Crippen MR) is 69.5 cm³/mol. The van der Waals surface area contributed by atoms with Crippen LogP contribution in [0.2, 0.25) is 0 Å². The van der Waals surface area contributed by atoms with Gasteiger partial charge in [0.15, 0.2) is 0 Å². The topological polar surface area (TPSA) is 24.9 Å². The normalized spacial score (nSPS) is 10.6. The van der Waals surface area contributed by atoms with E-state index in [-0.39, 0.29) is 0 Å². The van der Waals surface area contributed by atoms with Crippen molar-refractivity contribution >= 4 is 11.3 Å². The molecule has 0 spiro atoms. The molecule has 16 heavy (non-hydrogen) atoms. The minimum atomic E-state index is 0.971. The Morgan fingerprint density at radius 2 is 2.25 bits per heavy atom. The molecule has 0 aromatic carbocycles. The summed E-state index contributed by atoms with van der Waals surface area (Å²) in [5, 5.41) is 3.41. The number of aromatic nitrogens is 1. The smallest absolute Gasteiger partial charge is 0.0361 e. The molecule has 0 aliphatic carbocycles. The van der Waals surface area contributed by atoms with E-state index in [0.29, 0.717) is 0 Å². The lowest BCUT2D eigenvalue weighted by atomic mass is 10.2. The van der Waals surface area contributed by atoms with E-state index in [9.17, 15) is 0 Å². The molecule has 0 bridgehead atoms. The van der Waals surface area contributed by atoms with Crippen LogP contribution < -0.4 is 5.32 Å². The third kappa shape index (κ3) is 2.90. The first-order valence-electron chi connectivity index (χ1n) is 5.60. The Morgan fingerprint density at radius 3 is 3.00 bits per heavy atom. The van der Waals surface area contributed by atoms with Gasteiger partial charge in [0.25, 0.3) is 0 Å². The van der Waals surface area contributed by atoms with Crippen molar-refractivity contribution in [3.05, 3.63) is 41.5 Å². The molecule has 3 heteroatoms. The molecule has 0 fully saturated rings. The van der Waals surface area contributed by atoms with Crippen LogP contribution in [0, 0.1) is 0 Å². The van der Waals surface area contributed by atoms with Gasteiger partial charge < -0.3 is 5.32 Å². The minimum absolute atomic E-state index is 0.971. The maximum Gasteiger partial charge on any atom is 0.0361 e. The Kier molecular flexibility index (Phi) is 4.08. The highest BCUT2D eigenvalue weighted by Gasteiger charge is 2.01. The summed E-state index contributed by atoms with van der Waals surface area (Å²) in [6.07, 6.45) is 4.90. The highest BCUT2D eigenvalue weighted by atomic mass is 32.1. The van der Waals surface area contributed by atoms with Gasteiger partial charge in [-0.3, -0.25) is 4.98 Å². The minimum Gasteiger partial charge on any atom is -0.312 e. The number of nitrogens with one attached hydrogen (secondary N) is 1. The molecule has 2 heterocycles. The van der Waals surface area contributed by atoms with E-state index in [1.165, 1.54) is 21.7 Å². The van der Waals surface area contributed by atoms with Crippen LogP contribution in [-0.2, 0) is 6.54 Å². The Bertz CT molecular complexity index is 423. The van der Waals surface area contributed by atoms with Crippen LogP contribution >= 0.6 is 11.3 Å². The van der Waals surface area contributed by atoms with Crippen molar-refractivity contribution < 1.29 is 0 Å². The molecule has 2 aromatic rings. The van der Waals surface area contributed by atoms with Crippen LogP contribution in [0.5, 0.6) is 0 Å². The van der Waals surface area contributed by atoms with Gasteiger partial charge in [0.05, 0.1) is 0 Å². The molecule has 84 valence electrons. The third-order valence-corrected chi connectivity index (χ3v) is 3.47. The van der Waals surface area contributed by atoms with Crippen LogP contribution in [0.3, 0.4) is 0 Å². The Labute approximate surface area is 100 Å². The SMILES string of the molecule is CCCNCc1ccc(-c2cccnc2)s1. The van der Waals surface area contributed by atoms with E-state index in [2.05, 4.69) is 35.4 Å². The summed E-state index contributed by atoms with van der Waals surface area (Å²) < 4.78 is 0. The van der Waals surface area contributed by atoms with Crippen molar-refractivity contribution in [2.24, 2.45) is 0 Å². The Morgan fingerprint density at radius 1 is 1.31 bits per heavy atom. The fourth-order valence-electron chi connectivity index (χ4n) is 1.52. The fraction of sp³-hybridized carbons (Fsp3) is 0.308. The van der Waals surface area contributed by atoms with E-state index in [1.807, 2.05) is 23.6 Å². The van der Waals surface area contributed by atoms with E-state index >= 15 is 0 Å². The molecular formula is C13H16N2S. The molecule has 0 amide bonds. The maximum absolute atomic E-state index is 4.14. The molecule has 2 rings (SSSR count). The van der Waals surface area contributed by atoms with Gasteiger partial charge in [-0.05, 0) is 31.2 Å². The molecule has 0 unspecified atom stereocenters. The highest BCUT2D eigenvalue weighted by Crippen LogP contribution is 2.27.